The molecule has 1 atom stereocenters. The number of nitrogens with two attached hydrogens (primary N) is 1. The van der Waals surface area contributed by atoms with E-state index in [4.69, 9.17) is 17.3 Å². The number of hydrogen-bond donors (Lipinski definition) is 3. The molecule has 0 radical (unpaired) electrons. The molecule has 1 aromatic carbocycles. The average molecular weight is 448 g/mol. The summed E-state index contributed by atoms with van der Waals surface area (Å²) in [5.41, 5.74) is 7.91. The fourth-order valence-electron chi connectivity index (χ4n) is 4.87. The van der Waals surface area contributed by atoms with Gasteiger partial charge in [0.25, 0.3) is 0 Å². The van der Waals surface area contributed by atoms with Crippen molar-refractivity contribution in [1.29, 1.82) is 0 Å². The van der Waals surface area contributed by atoms with Crippen molar-refractivity contribution in [2.45, 2.75) is 24.6 Å². The van der Waals surface area contributed by atoms with Crippen molar-refractivity contribution in [3.63, 3.8) is 0 Å². The molecule has 8 nitrogen and oxygen atoms in total. The van der Waals surface area contributed by atoms with Gasteiger partial charge in [0, 0.05) is 67.3 Å². The number of anilines is 3. The van der Waals surface area contributed by atoms with E-state index in [0.717, 1.165) is 46.8 Å². The summed E-state index contributed by atoms with van der Waals surface area (Å²) >= 11 is 6.28. The molecule has 162 valence electrons. The Labute approximate surface area is 189 Å². The van der Waals surface area contributed by atoms with Crippen molar-refractivity contribution in [3.05, 3.63) is 71.5 Å². The van der Waals surface area contributed by atoms with Crippen molar-refractivity contribution < 1.29 is 5.11 Å². The Bertz CT molecular complexity index is 1310. The van der Waals surface area contributed by atoms with Gasteiger partial charge in [0.1, 0.15) is 23.6 Å². The van der Waals surface area contributed by atoms with E-state index < -0.39 is 6.10 Å². The van der Waals surface area contributed by atoms with Crippen molar-refractivity contribution in [2.75, 3.05) is 29.0 Å². The smallest absolute Gasteiger partial charge is 0.138 e. The van der Waals surface area contributed by atoms with Gasteiger partial charge in [-0.25, -0.2) is 15.0 Å². The zero-order valence-electron chi connectivity index (χ0n) is 17.2. The highest BCUT2D eigenvalue weighted by Crippen LogP contribution is 2.45. The molecule has 1 unspecified atom stereocenters. The highest BCUT2D eigenvalue weighted by molar-refractivity contribution is 6.35. The molecule has 6 rings (SSSR count). The molecule has 0 aliphatic carbocycles. The number of nitrogens with one attached hydrogen (secondary N) is 1. The number of aliphatic hydroxyl groups excluding tert-OH is 1. The van der Waals surface area contributed by atoms with Crippen LogP contribution in [0, 0.1) is 0 Å². The number of rotatable bonds is 4. The number of benzene rings is 1. The van der Waals surface area contributed by atoms with Gasteiger partial charge in [-0.2, -0.15) is 0 Å². The van der Waals surface area contributed by atoms with Gasteiger partial charge in [0.15, 0.2) is 0 Å². The summed E-state index contributed by atoms with van der Waals surface area (Å²) in [5, 5.41) is 16.0. The molecule has 0 bridgehead atoms. The van der Waals surface area contributed by atoms with Gasteiger partial charge < -0.3 is 25.6 Å². The lowest BCUT2D eigenvalue weighted by Gasteiger charge is -2.49. The van der Waals surface area contributed by atoms with Crippen LogP contribution < -0.4 is 16.0 Å². The van der Waals surface area contributed by atoms with Crippen LogP contribution in [-0.4, -0.2) is 37.7 Å². The van der Waals surface area contributed by atoms with Crippen molar-refractivity contribution >= 4 is 39.7 Å². The molecule has 2 aliphatic rings. The Kier molecular flexibility index (Phi) is 4.28. The molecule has 1 fully saturated rings. The van der Waals surface area contributed by atoms with Crippen LogP contribution in [0.4, 0.5) is 17.3 Å². The zero-order chi connectivity index (χ0) is 21.9. The number of halogens is 1. The predicted octanol–water partition coefficient (Wildman–Crippen LogP) is 3.33. The van der Waals surface area contributed by atoms with E-state index >= 15 is 0 Å². The Balaban J connectivity index is 1.12. The van der Waals surface area contributed by atoms with Crippen LogP contribution in [-0.2, 0) is 12.1 Å². The van der Waals surface area contributed by atoms with Crippen LogP contribution in [0.2, 0.25) is 5.02 Å². The third-order valence-electron chi connectivity index (χ3n) is 6.52. The second kappa shape index (κ2) is 7.08. The Hall–Kier alpha value is -3.36. The summed E-state index contributed by atoms with van der Waals surface area (Å²) in [5.74, 6) is 2.19. The number of imidazole rings is 1. The van der Waals surface area contributed by atoms with Crippen LogP contribution in [0.3, 0.4) is 0 Å². The SMILES string of the molecule is Nc1ncc(Cl)c2cc(NCc3ccc(N4CC5(CC(O)c6nccn65)C4)nc3)ccc12. The fraction of sp³-hybridized carbons (Fsp3) is 0.261. The first-order valence-corrected chi connectivity index (χ1v) is 10.9. The molecule has 3 aromatic heterocycles. The maximum absolute atomic E-state index is 10.3. The lowest BCUT2D eigenvalue weighted by Crippen LogP contribution is -2.61. The molecule has 2 aliphatic heterocycles. The van der Waals surface area contributed by atoms with Crippen LogP contribution in [0.25, 0.3) is 10.8 Å². The molecular weight excluding hydrogens is 426 g/mol. The molecule has 5 heterocycles. The Morgan fingerprint density at radius 1 is 1.12 bits per heavy atom. The monoisotopic (exact) mass is 447 g/mol. The number of fused-ring (bicyclic) bond motifs is 3. The highest BCUT2D eigenvalue weighted by Gasteiger charge is 2.52. The van der Waals surface area contributed by atoms with E-state index in [1.807, 2.05) is 36.7 Å². The fourth-order valence-corrected chi connectivity index (χ4v) is 5.08. The van der Waals surface area contributed by atoms with Gasteiger partial charge in [-0.3, -0.25) is 0 Å². The van der Waals surface area contributed by atoms with Gasteiger partial charge in [0.2, 0.25) is 0 Å². The van der Waals surface area contributed by atoms with Gasteiger partial charge >= 0.3 is 0 Å². The predicted molar refractivity (Wildman–Crippen MR) is 125 cm³/mol. The van der Waals surface area contributed by atoms with Crippen molar-refractivity contribution in [1.82, 2.24) is 19.5 Å². The average Bonchev–Trinajstić information content (AvgIpc) is 3.37. The van der Waals surface area contributed by atoms with Gasteiger partial charge in [0.05, 0.1) is 10.6 Å². The number of aliphatic hydroxyl groups is 1. The summed E-state index contributed by atoms with van der Waals surface area (Å²) in [6, 6.07) is 10.0. The topological polar surface area (TPSA) is 105 Å². The second-order valence-electron chi connectivity index (χ2n) is 8.59. The minimum Gasteiger partial charge on any atom is -0.385 e. The first-order chi connectivity index (χ1) is 15.5. The molecular formula is C23H22ClN7O. The molecule has 0 saturated carbocycles. The van der Waals surface area contributed by atoms with Crippen molar-refractivity contribution in [2.24, 2.45) is 0 Å². The summed E-state index contributed by atoms with van der Waals surface area (Å²) in [7, 11) is 0. The number of nitrogen functional groups attached to an aromatic ring is 1. The Morgan fingerprint density at radius 3 is 2.81 bits per heavy atom. The minimum absolute atomic E-state index is 0.0660. The minimum atomic E-state index is -0.480. The van der Waals surface area contributed by atoms with Crippen molar-refractivity contribution in [3.8, 4) is 0 Å². The third-order valence-corrected chi connectivity index (χ3v) is 6.82. The summed E-state index contributed by atoms with van der Waals surface area (Å²) in [6.07, 6.45) is 7.44. The maximum Gasteiger partial charge on any atom is 0.138 e. The van der Waals surface area contributed by atoms with Crippen LogP contribution in [0.5, 0.6) is 0 Å². The Morgan fingerprint density at radius 2 is 2.00 bits per heavy atom. The molecule has 1 saturated heterocycles. The normalized spacial score (nSPS) is 18.7. The molecule has 4 N–H and O–H groups in total. The highest BCUT2D eigenvalue weighted by atomic mass is 35.5. The number of aromatic nitrogens is 4. The molecule has 4 aromatic rings. The second-order valence-corrected chi connectivity index (χ2v) is 8.99. The third kappa shape index (κ3) is 2.98. The van der Waals surface area contributed by atoms with Gasteiger partial charge in [-0.05, 0) is 29.8 Å². The maximum atomic E-state index is 10.3. The summed E-state index contributed by atoms with van der Waals surface area (Å²) in [4.78, 5) is 15.3. The van der Waals surface area contributed by atoms with Gasteiger partial charge in [-0.15, -0.1) is 0 Å². The summed E-state index contributed by atoms with van der Waals surface area (Å²) in [6.45, 7) is 2.30. The molecule has 32 heavy (non-hydrogen) atoms. The van der Waals surface area contributed by atoms with Gasteiger partial charge in [-0.1, -0.05) is 17.7 Å². The van der Waals surface area contributed by atoms with E-state index in [2.05, 4.69) is 35.8 Å². The van der Waals surface area contributed by atoms with E-state index in [1.165, 1.54) is 0 Å². The van der Waals surface area contributed by atoms with Crippen LogP contribution in [0.15, 0.2) is 55.1 Å². The van der Waals surface area contributed by atoms with E-state index in [0.29, 0.717) is 23.8 Å². The van der Waals surface area contributed by atoms with E-state index in [9.17, 15) is 5.11 Å². The summed E-state index contributed by atoms with van der Waals surface area (Å²) < 4.78 is 2.13. The lowest BCUT2D eigenvalue weighted by molar-refractivity contribution is 0.128. The lowest BCUT2D eigenvalue weighted by atomic mass is 9.86. The standard InChI is InChI=1S/C23H22ClN7O/c24-18-11-29-21(25)16-3-2-15(7-17(16)18)27-9-14-1-4-20(28-10-14)30-12-23(13-30)8-19(32)22-26-5-6-31(22)23/h1-7,10-11,19,27,32H,8-9,12-13H2,(H2,25,29). The first-order valence-electron chi connectivity index (χ1n) is 10.5. The first kappa shape index (κ1) is 19.3. The number of hydrogen-bond acceptors (Lipinski definition) is 7. The van der Waals surface area contributed by atoms with E-state index in [1.54, 1.807) is 12.4 Å². The van der Waals surface area contributed by atoms with Crippen LogP contribution >= 0.6 is 11.6 Å². The molecule has 1 spiro atoms. The number of nitrogens with zero attached hydrogens (tertiary/aromatic N) is 5. The quantitative estimate of drug-likeness (QED) is 0.440. The molecule has 9 heteroatoms. The largest absolute Gasteiger partial charge is 0.385 e. The van der Waals surface area contributed by atoms with Crippen LogP contribution in [0.1, 0.15) is 23.9 Å². The number of pyridine rings is 2. The van der Waals surface area contributed by atoms with E-state index in [-0.39, 0.29) is 5.54 Å². The zero-order valence-corrected chi connectivity index (χ0v) is 18.0. The molecule has 0 amide bonds.